The molecular formula is C21H18ClN3OS. The van der Waals surface area contributed by atoms with Crippen LogP contribution in [-0.2, 0) is 5.75 Å². The normalized spacial score (nSPS) is 11.1. The van der Waals surface area contributed by atoms with Crippen LogP contribution in [-0.4, -0.2) is 11.1 Å². The SMILES string of the molecule is O=C(NNC(=Nc1ccc(Cl)cc1)SCc1ccccc1)c1ccccc1. The monoisotopic (exact) mass is 395 g/mol. The van der Waals surface area contributed by atoms with Crippen LogP contribution >= 0.6 is 23.4 Å². The number of nitrogens with zero attached hydrogens (tertiary/aromatic N) is 1. The average Bonchev–Trinajstić information content (AvgIpc) is 2.72. The quantitative estimate of drug-likeness (QED) is 0.363. The minimum absolute atomic E-state index is 0.222. The first-order valence-corrected chi connectivity index (χ1v) is 9.69. The molecule has 1 amide bonds. The number of aliphatic imine (C=N–C) groups is 1. The molecule has 0 saturated heterocycles. The van der Waals surface area contributed by atoms with Crippen molar-refractivity contribution < 1.29 is 4.79 Å². The molecule has 0 fully saturated rings. The lowest BCUT2D eigenvalue weighted by atomic mass is 10.2. The highest BCUT2D eigenvalue weighted by Crippen LogP contribution is 2.20. The van der Waals surface area contributed by atoms with Gasteiger partial charge in [0.1, 0.15) is 0 Å². The van der Waals surface area contributed by atoms with E-state index >= 15 is 0 Å². The third-order valence-corrected chi connectivity index (χ3v) is 4.79. The molecule has 27 heavy (non-hydrogen) atoms. The Labute approximate surface area is 167 Å². The minimum Gasteiger partial charge on any atom is -0.276 e. The molecule has 2 N–H and O–H groups in total. The topological polar surface area (TPSA) is 53.5 Å². The van der Waals surface area contributed by atoms with Gasteiger partial charge in [0.25, 0.3) is 5.91 Å². The maximum atomic E-state index is 12.3. The summed E-state index contributed by atoms with van der Waals surface area (Å²) >= 11 is 7.44. The second kappa shape index (κ2) is 9.80. The van der Waals surface area contributed by atoms with Gasteiger partial charge in [-0.3, -0.25) is 15.6 Å². The highest BCUT2D eigenvalue weighted by atomic mass is 35.5. The lowest BCUT2D eigenvalue weighted by Crippen LogP contribution is -2.40. The second-order valence-corrected chi connectivity index (χ2v) is 7.01. The number of amides is 1. The molecule has 0 aromatic heterocycles. The maximum absolute atomic E-state index is 12.3. The Morgan fingerprint density at radius 3 is 2.15 bits per heavy atom. The van der Waals surface area contributed by atoms with Crippen LogP contribution in [0.3, 0.4) is 0 Å². The van der Waals surface area contributed by atoms with Crippen molar-refractivity contribution in [3.05, 3.63) is 101 Å². The van der Waals surface area contributed by atoms with Gasteiger partial charge in [0.15, 0.2) is 5.17 Å². The number of rotatable bonds is 4. The third-order valence-electron chi connectivity index (χ3n) is 3.59. The Hall–Kier alpha value is -2.76. The van der Waals surface area contributed by atoms with Crippen LogP contribution in [0.4, 0.5) is 5.69 Å². The Morgan fingerprint density at radius 1 is 0.852 bits per heavy atom. The number of hydrogen-bond acceptors (Lipinski definition) is 3. The molecule has 3 rings (SSSR count). The van der Waals surface area contributed by atoms with Crippen molar-refractivity contribution in [2.45, 2.75) is 5.75 Å². The molecule has 0 aliphatic heterocycles. The summed E-state index contributed by atoms with van der Waals surface area (Å²) in [6.45, 7) is 0. The molecule has 0 spiro atoms. The van der Waals surface area contributed by atoms with Crippen molar-refractivity contribution in [1.82, 2.24) is 10.9 Å². The Morgan fingerprint density at radius 2 is 1.48 bits per heavy atom. The zero-order valence-electron chi connectivity index (χ0n) is 14.4. The van der Waals surface area contributed by atoms with E-state index in [1.54, 1.807) is 24.3 Å². The van der Waals surface area contributed by atoms with Gasteiger partial charge >= 0.3 is 0 Å². The fourth-order valence-electron chi connectivity index (χ4n) is 2.23. The number of carbonyl (C=O) groups is 1. The van der Waals surface area contributed by atoms with E-state index in [1.807, 2.05) is 48.5 Å². The summed E-state index contributed by atoms with van der Waals surface area (Å²) in [5.74, 6) is 0.501. The molecule has 4 nitrogen and oxygen atoms in total. The van der Waals surface area contributed by atoms with Crippen molar-refractivity contribution >= 4 is 40.1 Å². The van der Waals surface area contributed by atoms with E-state index in [2.05, 4.69) is 28.0 Å². The van der Waals surface area contributed by atoms with Gasteiger partial charge in [-0.05, 0) is 42.0 Å². The summed E-state index contributed by atoms with van der Waals surface area (Å²) in [5.41, 5.74) is 8.12. The molecule has 0 heterocycles. The van der Waals surface area contributed by atoms with Gasteiger partial charge in [-0.25, -0.2) is 4.99 Å². The van der Waals surface area contributed by atoms with E-state index in [0.29, 0.717) is 15.8 Å². The standard InChI is InChI=1S/C21H18ClN3OS/c22-18-11-13-19(14-12-18)23-21(27-15-16-7-3-1-4-8-16)25-24-20(26)17-9-5-2-6-10-17/h1-14H,15H2,(H,23,25)(H,24,26). The highest BCUT2D eigenvalue weighted by molar-refractivity contribution is 8.13. The van der Waals surface area contributed by atoms with Gasteiger partial charge < -0.3 is 0 Å². The van der Waals surface area contributed by atoms with Crippen LogP contribution in [0.15, 0.2) is 89.9 Å². The summed E-state index contributed by atoms with van der Waals surface area (Å²) in [7, 11) is 0. The van der Waals surface area contributed by atoms with Crippen LogP contribution in [0.5, 0.6) is 0 Å². The van der Waals surface area contributed by atoms with Crippen LogP contribution < -0.4 is 10.9 Å². The van der Waals surface area contributed by atoms with Gasteiger partial charge in [-0.2, -0.15) is 0 Å². The zero-order valence-corrected chi connectivity index (χ0v) is 16.0. The van der Waals surface area contributed by atoms with Gasteiger partial charge in [0.2, 0.25) is 0 Å². The molecule has 0 saturated carbocycles. The van der Waals surface area contributed by atoms with E-state index in [4.69, 9.17) is 11.6 Å². The van der Waals surface area contributed by atoms with Crippen LogP contribution in [0.1, 0.15) is 15.9 Å². The molecule has 136 valence electrons. The van der Waals surface area contributed by atoms with Gasteiger partial charge in [0, 0.05) is 16.3 Å². The maximum Gasteiger partial charge on any atom is 0.269 e. The van der Waals surface area contributed by atoms with Crippen LogP contribution in [0, 0.1) is 0 Å². The molecule has 0 radical (unpaired) electrons. The fourth-order valence-corrected chi connectivity index (χ4v) is 3.14. The van der Waals surface area contributed by atoms with Crippen LogP contribution in [0.25, 0.3) is 0 Å². The molecule has 0 aliphatic rings. The first kappa shape index (κ1) is 19.0. The predicted octanol–water partition coefficient (Wildman–Crippen LogP) is 5.20. The molecule has 0 unspecified atom stereocenters. The lowest BCUT2D eigenvalue weighted by Gasteiger charge is -2.11. The van der Waals surface area contributed by atoms with E-state index in [0.717, 1.165) is 11.4 Å². The average molecular weight is 396 g/mol. The molecule has 0 bridgehead atoms. The second-order valence-electron chi connectivity index (χ2n) is 5.61. The first-order chi connectivity index (χ1) is 13.2. The number of carbonyl (C=O) groups excluding carboxylic acids is 1. The van der Waals surface area contributed by atoms with Gasteiger partial charge in [0.05, 0.1) is 5.69 Å². The molecular weight excluding hydrogens is 378 g/mol. The largest absolute Gasteiger partial charge is 0.276 e. The van der Waals surface area contributed by atoms with Crippen molar-refractivity contribution in [2.24, 2.45) is 4.99 Å². The number of hydrazine groups is 1. The predicted molar refractivity (Wildman–Crippen MR) is 113 cm³/mol. The van der Waals surface area contributed by atoms with Crippen molar-refractivity contribution in [2.75, 3.05) is 0 Å². The molecule has 3 aromatic carbocycles. The Balaban J connectivity index is 1.70. The lowest BCUT2D eigenvalue weighted by molar-refractivity contribution is 0.0944. The van der Waals surface area contributed by atoms with E-state index in [-0.39, 0.29) is 5.91 Å². The minimum atomic E-state index is -0.222. The van der Waals surface area contributed by atoms with Gasteiger partial charge in [-0.15, -0.1) is 0 Å². The van der Waals surface area contributed by atoms with E-state index in [9.17, 15) is 4.79 Å². The van der Waals surface area contributed by atoms with E-state index in [1.165, 1.54) is 17.3 Å². The van der Waals surface area contributed by atoms with Crippen molar-refractivity contribution in [3.8, 4) is 0 Å². The molecule has 6 heteroatoms. The zero-order chi connectivity index (χ0) is 18.9. The summed E-state index contributed by atoms with van der Waals surface area (Å²) in [6, 6.07) is 26.3. The number of thioether (sulfide) groups is 1. The van der Waals surface area contributed by atoms with Gasteiger partial charge in [-0.1, -0.05) is 71.9 Å². The van der Waals surface area contributed by atoms with E-state index < -0.39 is 0 Å². The summed E-state index contributed by atoms with van der Waals surface area (Å²) < 4.78 is 0. The summed E-state index contributed by atoms with van der Waals surface area (Å²) in [6.07, 6.45) is 0. The highest BCUT2D eigenvalue weighted by Gasteiger charge is 2.07. The fraction of sp³-hybridized carbons (Fsp3) is 0.0476. The number of benzene rings is 3. The third kappa shape index (κ3) is 6.16. The smallest absolute Gasteiger partial charge is 0.269 e. The van der Waals surface area contributed by atoms with Crippen LogP contribution in [0.2, 0.25) is 5.02 Å². The molecule has 0 atom stereocenters. The number of nitrogens with one attached hydrogen (secondary N) is 2. The van der Waals surface area contributed by atoms with Crippen molar-refractivity contribution in [3.63, 3.8) is 0 Å². The number of halogens is 1. The Bertz CT molecular complexity index is 900. The summed E-state index contributed by atoms with van der Waals surface area (Å²) in [4.78, 5) is 16.8. The first-order valence-electron chi connectivity index (χ1n) is 8.33. The Kier molecular flexibility index (Phi) is 6.90. The molecule has 3 aromatic rings. The number of hydrogen-bond donors (Lipinski definition) is 2. The summed E-state index contributed by atoms with van der Waals surface area (Å²) in [5, 5.41) is 1.24. The number of amidine groups is 1. The van der Waals surface area contributed by atoms with Crippen molar-refractivity contribution in [1.29, 1.82) is 0 Å². The molecule has 0 aliphatic carbocycles.